The number of carbonyl (C=O) groups is 2. The molecule has 0 unspecified atom stereocenters. The molecular weight excluding hydrogens is 333 g/mol. The monoisotopic (exact) mass is 359 g/mol. The van der Waals surface area contributed by atoms with Crippen LogP contribution < -0.4 is 0 Å². The summed E-state index contributed by atoms with van der Waals surface area (Å²) in [6.45, 7) is 2.96. The lowest BCUT2D eigenvalue weighted by Gasteiger charge is -2.41. The number of benzene rings is 1. The first kappa shape index (κ1) is 18.6. The van der Waals surface area contributed by atoms with Gasteiger partial charge in [-0.05, 0) is 57.1 Å². The Morgan fingerprint density at radius 2 is 2.08 bits per heavy atom. The number of allylic oxidation sites excluding steroid dienone is 1. The van der Waals surface area contributed by atoms with Crippen LogP contribution in [0.1, 0.15) is 44.6 Å². The van der Waals surface area contributed by atoms with Gasteiger partial charge in [0.05, 0.1) is 12.0 Å². The molecule has 0 aromatic heterocycles. The summed E-state index contributed by atoms with van der Waals surface area (Å²) in [5.74, 6) is -0.635. The van der Waals surface area contributed by atoms with Crippen molar-refractivity contribution in [1.29, 1.82) is 0 Å². The van der Waals surface area contributed by atoms with Gasteiger partial charge in [-0.1, -0.05) is 24.3 Å². The predicted octanol–water partition coefficient (Wildman–Crippen LogP) is 3.65. The summed E-state index contributed by atoms with van der Waals surface area (Å²) < 4.78 is 19.6. The van der Waals surface area contributed by atoms with Gasteiger partial charge >= 0.3 is 5.97 Å². The topological polar surface area (TPSA) is 46.6 Å². The molecule has 0 radical (unpaired) electrons. The maximum atomic E-state index is 14.2. The minimum atomic E-state index is -0.884. The maximum Gasteiger partial charge on any atom is 0.314 e. The summed E-state index contributed by atoms with van der Waals surface area (Å²) in [5.41, 5.74) is 0.455. The van der Waals surface area contributed by atoms with Crippen LogP contribution >= 0.6 is 0 Å². The third-order valence-electron chi connectivity index (χ3n) is 5.37. The quantitative estimate of drug-likeness (QED) is 0.754. The Labute approximate surface area is 154 Å². The largest absolute Gasteiger partial charge is 0.466 e. The molecule has 1 aliphatic heterocycles. The van der Waals surface area contributed by atoms with Gasteiger partial charge in [0.15, 0.2) is 0 Å². The third-order valence-corrected chi connectivity index (χ3v) is 5.37. The van der Waals surface area contributed by atoms with E-state index in [1.165, 1.54) is 6.07 Å². The number of halogens is 1. The van der Waals surface area contributed by atoms with Crippen molar-refractivity contribution in [3.05, 3.63) is 47.3 Å². The van der Waals surface area contributed by atoms with Gasteiger partial charge in [-0.2, -0.15) is 0 Å². The van der Waals surface area contributed by atoms with Gasteiger partial charge in [-0.25, -0.2) is 4.39 Å². The van der Waals surface area contributed by atoms with Crippen LogP contribution in [0.2, 0.25) is 0 Å². The first-order chi connectivity index (χ1) is 12.6. The standard InChI is InChI=1S/C21H26FNO3/c1-2-26-20(25)21(14-17-10-5-6-11-18(17)22)12-7-13-23(15-21)19(24)16-8-3-4-9-16/h5-6,8,10-11H,2-4,7,9,12-15H2,1H3/t21-/m1/s1. The molecule has 1 fully saturated rings. The van der Waals surface area contributed by atoms with E-state index in [9.17, 15) is 14.0 Å². The summed E-state index contributed by atoms with van der Waals surface area (Å²) in [5, 5.41) is 0. The lowest BCUT2D eigenvalue weighted by Crippen LogP contribution is -2.52. The van der Waals surface area contributed by atoms with Crippen molar-refractivity contribution in [3.63, 3.8) is 0 Å². The molecule has 4 nitrogen and oxygen atoms in total. The molecule has 0 N–H and O–H groups in total. The van der Waals surface area contributed by atoms with Crippen molar-refractivity contribution in [1.82, 2.24) is 4.90 Å². The highest BCUT2D eigenvalue weighted by Gasteiger charge is 2.45. The average molecular weight is 359 g/mol. The molecule has 1 aromatic carbocycles. The van der Waals surface area contributed by atoms with Gasteiger partial charge in [-0.3, -0.25) is 9.59 Å². The molecular formula is C21H26FNO3. The SMILES string of the molecule is CCOC(=O)[C@@]1(Cc2ccccc2F)CCCN(C(=O)C2=CCCC2)C1. The number of hydrogen-bond acceptors (Lipinski definition) is 3. The Balaban J connectivity index is 1.86. The van der Waals surface area contributed by atoms with Gasteiger partial charge in [0.25, 0.3) is 0 Å². The molecule has 2 aliphatic rings. The fourth-order valence-electron chi connectivity index (χ4n) is 4.05. The molecule has 1 aliphatic carbocycles. The highest BCUT2D eigenvalue weighted by Crippen LogP contribution is 2.37. The molecule has 1 amide bonds. The first-order valence-electron chi connectivity index (χ1n) is 9.45. The van der Waals surface area contributed by atoms with Crippen LogP contribution in [-0.2, 0) is 20.7 Å². The highest BCUT2D eigenvalue weighted by atomic mass is 19.1. The lowest BCUT2D eigenvalue weighted by atomic mass is 9.74. The van der Waals surface area contributed by atoms with Crippen LogP contribution in [0.5, 0.6) is 0 Å². The number of piperidine rings is 1. The summed E-state index contributed by atoms with van der Waals surface area (Å²) in [6, 6.07) is 6.52. The van der Waals surface area contributed by atoms with Crippen molar-refractivity contribution in [3.8, 4) is 0 Å². The molecule has 1 heterocycles. The number of rotatable bonds is 5. The van der Waals surface area contributed by atoms with E-state index in [0.29, 0.717) is 24.9 Å². The van der Waals surface area contributed by atoms with Crippen molar-refractivity contribution in [2.45, 2.75) is 45.4 Å². The molecule has 0 spiro atoms. The number of hydrogen-bond donors (Lipinski definition) is 0. The van der Waals surface area contributed by atoms with Crippen LogP contribution in [0.3, 0.4) is 0 Å². The average Bonchev–Trinajstić information content (AvgIpc) is 3.18. The highest BCUT2D eigenvalue weighted by molar-refractivity contribution is 5.94. The Morgan fingerprint density at radius 3 is 2.77 bits per heavy atom. The molecule has 1 atom stereocenters. The molecule has 5 heteroatoms. The van der Waals surface area contributed by atoms with Crippen LogP contribution in [0.15, 0.2) is 35.9 Å². The van der Waals surface area contributed by atoms with E-state index >= 15 is 0 Å². The van der Waals surface area contributed by atoms with Crippen molar-refractivity contribution < 1.29 is 18.7 Å². The van der Waals surface area contributed by atoms with Crippen molar-refractivity contribution in [2.75, 3.05) is 19.7 Å². The predicted molar refractivity (Wildman–Crippen MR) is 96.9 cm³/mol. The minimum Gasteiger partial charge on any atom is -0.466 e. The van der Waals surface area contributed by atoms with E-state index in [0.717, 1.165) is 24.8 Å². The zero-order chi connectivity index (χ0) is 18.6. The maximum absolute atomic E-state index is 14.2. The van der Waals surface area contributed by atoms with E-state index in [4.69, 9.17) is 4.74 Å². The van der Waals surface area contributed by atoms with Crippen LogP contribution in [0, 0.1) is 11.2 Å². The number of carbonyl (C=O) groups excluding carboxylic acids is 2. The molecule has 3 rings (SSSR count). The van der Waals surface area contributed by atoms with E-state index in [1.807, 2.05) is 6.08 Å². The number of amides is 1. The van der Waals surface area contributed by atoms with E-state index < -0.39 is 5.41 Å². The lowest BCUT2D eigenvalue weighted by molar-refractivity contribution is -0.160. The van der Waals surface area contributed by atoms with Gasteiger partial charge in [-0.15, -0.1) is 0 Å². The van der Waals surface area contributed by atoms with Gasteiger partial charge in [0.2, 0.25) is 5.91 Å². The number of nitrogens with zero attached hydrogens (tertiary/aromatic N) is 1. The number of likely N-dealkylation sites (tertiary alicyclic amines) is 1. The zero-order valence-electron chi connectivity index (χ0n) is 15.3. The zero-order valence-corrected chi connectivity index (χ0v) is 15.3. The van der Waals surface area contributed by atoms with Crippen LogP contribution in [0.4, 0.5) is 4.39 Å². The number of ether oxygens (including phenoxy) is 1. The molecule has 26 heavy (non-hydrogen) atoms. The smallest absolute Gasteiger partial charge is 0.314 e. The third kappa shape index (κ3) is 3.81. The van der Waals surface area contributed by atoms with E-state index in [2.05, 4.69) is 0 Å². The van der Waals surface area contributed by atoms with Gasteiger partial charge in [0.1, 0.15) is 5.82 Å². The Morgan fingerprint density at radius 1 is 1.27 bits per heavy atom. The molecule has 1 aromatic rings. The van der Waals surface area contributed by atoms with Crippen LogP contribution in [-0.4, -0.2) is 36.5 Å². The van der Waals surface area contributed by atoms with Crippen molar-refractivity contribution >= 4 is 11.9 Å². The Bertz CT molecular complexity index is 715. The Kier molecular flexibility index (Phi) is 5.74. The second kappa shape index (κ2) is 8.02. The Hall–Kier alpha value is -2.17. The molecule has 0 bridgehead atoms. The molecule has 0 saturated carbocycles. The van der Waals surface area contributed by atoms with E-state index in [-0.39, 0.29) is 37.3 Å². The minimum absolute atomic E-state index is 0.0180. The second-order valence-electron chi connectivity index (χ2n) is 7.22. The van der Waals surface area contributed by atoms with Crippen LogP contribution in [0.25, 0.3) is 0 Å². The van der Waals surface area contributed by atoms with Crippen molar-refractivity contribution in [2.24, 2.45) is 5.41 Å². The fraction of sp³-hybridized carbons (Fsp3) is 0.524. The summed E-state index contributed by atoms with van der Waals surface area (Å²) >= 11 is 0. The molecule has 1 saturated heterocycles. The van der Waals surface area contributed by atoms with Gasteiger partial charge < -0.3 is 9.64 Å². The fourth-order valence-corrected chi connectivity index (χ4v) is 4.05. The first-order valence-corrected chi connectivity index (χ1v) is 9.45. The summed E-state index contributed by atoms with van der Waals surface area (Å²) in [6.07, 6.45) is 6.31. The molecule has 140 valence electrons. The van der Waals surface area contributed by atoms with E-state index in [1.54, 1.807) is 30.0 Å². The van der Waals surface area contributed by atoms with Gasteiger partial charge in [0, 0.05) is 18.7 Å². The summed E-state index contributed by atoms with van der Waals surface area (Å²) in [4.78, 5) is 27.4. The second-order valence-corrected chi connectivity index (χ2v) is 7.22. The number of esters is 1. The normalized spacial score (nSPS) is 22.8. The summed E-state index contributed by atoms with van der Waals surface area (Å²) in [7, 11) is 0.